The van der Waals surface area contributed by atoms with E-state index in [-0.39, 0.29) is 25.5 Å². The first-order chi connectivity index (χ1) is 14.9. The maximum absolute atomic E-state index is 12.7. The molecule has 0 radical (unpaired) electrons. The fourth-order valence-corrected chi connectivity index (χ4v) is 3.01. The average Bonchev–Trinajstić information content (AvgIpc) is 3.01. The third kappa shape index (κ3) is 5.55. The summed E-state index contributed by atoms with van der Waals surface area (Å²) in [6, 6.07) is 11.3. The van der Waals surface area contributed by atoms with Gasteiger partial charge in [-0.3, -0.25) is 9.69 Å². The van der Waals surface area contributed by atoms with Gasteiger partial charge in [-0.2, -0.15) is 0 Å². The van der Waals surface area contributed by atoms with Crippen molar-refractivity contribution in [2.45, 2.75) is 13.5 Å². The van der Waals surface area contributed by atoms with Crippen LogP contribution in [0.3, 0.4) is 0 Å². The molecule has 2 aromatic rings. The van der Waals surface area contributed by atoms with Crippen molar-refractivity contribution in [1.82, 2.24) is 10.2 Å². The monoisotopic (exact) mass is 444 g/mol. The van der Waals surface area contributed by atoms with Crippen molar-refractivity contribution in [2.24, 2.45) is 0 Å². The lowest BCUT2D eigenvalue weighted by atomic mass is 10.1. The van der Waals surface area contributed by atoms with Gasteiger partial charge in [0, 0.05) is 5.02 Å². The van der Waals surface area contributed by atoms with Crippen LogP contribution in [0.1, 0.15) is 18.1 Å². The molecule has 0 unspecified atom stereocenters. The highest BCUT2D eigenvalue weighted by molar-refractivity contribution is 6.30. The molecule has 0 saturated carbocycles. The molecule has 8 nitrogen and oxygen atoms in total. The number of amides is 3. The number of esters is 1. The SMILES string of the molecule is CCOC(=O)COc1ccc(/C=C2\NC(=O)N(Cc3ccc(Cl)cc3)C2=O)cc1OC. The number of ether oxygens (including phenoxy) is 3. The third-order valence-corrected chi connectivity index (χ3v) is 4.62. The van der Waals surface area contributed by atoms with Crippen molar-refractivity contribution in [3.05, 3.63) is 64.3 Å². The Kier molecular flexibility index (Phi) is 7.15. The number of carbonyl (C=O) groups excluding carboxylic acids is 3. The summed E-state index contributed by atoms with van der Waals surface area (Å²) in [6.45, 7) is 1.85. The zero-order valence-corrected chi connectivity index (χ0v) is 17.8. The van der Waals surface area contributed by atoms with Crippen molar-refractivity contribution in [1.29, 1.82) is 0 Å². The van der Waals surface area contributed by atoms with Crippen LogP contribution in [0.2, 0.25) is 5.02 Å². The summed E-state index contributed by atoms with van der Waals surface area (Å²) in [6.07, 6.45) is 1.54. The van der Waals surface area contributed by atoms with Crippen molar-refractivity contribution in [2.75, 3.05) is 20.3 Å². The Morgan fingerprint density at radius 2 is 1.87 bits per heavy atom. The minimum absolute atomic E-state index is 0.128. The fraction of sp³-hybridized carbons (Fsp3) is 0.227. The first kappa shape index (κ1) is 22.2. The van der Waals surface area contributed by atoms with Crippen LogP contribution < -0.4 is 14.8 Å². The number of hydrogen-bond acceptors (Lipinski definition) is 6. The molecular formula is C22H21ClN2O6. The van der Waals surface area contributed by atoms with E-state index < -0.39 is 17.9 Å². The van der Waals surface area contributed by atoms with Crippen LogP contribution in [0.4, 0.5) is 4.79 Å². The number of halogens is 1. The number of urea groups is 1. The number of carbonyl (C=O) groups is 3. The predicted molar refractivity (Wildman–Crippen MR) is 114 cm³/mol. The minimum Gasteiger partial charge on any atom is -0.493 e. The molecule has 31 heavy (non-hydrogen) atoms. The second-order valence-electron chi connectivity index (χ2n) is 6.51. The highest BCUT2D eigenvalue weighted by Gasteiger charge is 2.33. The number of methoxy groups -OCH3 is 1. The highest BCUT2D eigenvalue weighted by Crippen LogP contribution is 2.29. The molecule has 1 heterocycles. The van der Waals surface area contributed by atoms with E-state index in [1.54, 1.807) is 55.5 Å². The summed E-state index contributed by atoms with van der Waals surface area (Å²) in [5.41, 5.74) is 1.53. The number of imide groups is 1. The fourth-order valence-electron chi connectivity index (χ4n) is 2.89. The van der Waals surface area contributed by atoms with Crippen LogP contribution in [0.25, 0.3) is 6.08 Å². The van der Waals surface area contributed by atoms with Crippen LogP contribution in [0.5, 0.6) is 11.5 Å². The van der Waals surface area contributed by atoms with Gasteiger partial charge < -0.3 is 19.5 Å². The molecule has 0 aromatic heterocycles. The standard InChI is InChI=1S/C22H21ClN2O6/c1-3-30-20(26)13-31-18-9-6-15(11-19(18)29-2)10-17-21(27)25(22(28)24-17)12-14-4-7-16(23)8-5-14/h4-11H,3,12-13H2,1-2H3,(H,24,28)/b17-10-. The van der Waals surface area contributed by atoms with Gasteiger partial charge in [-0.25, -0.2) is 9.59 Å². The normalized spacial score (nSPS) is 14.5. The quantitative estimate of drug-likeness (QED) is 0.381. The first-order valence-electron chi connectivity index (χ1n) is 9.46. The molecule has 0 spiro atoms. The Balaban J connectivity index is 1.73. The first-order valence-corrected chi connectivity index (χ1v) is 9.84. The summed E-state index contributed by atoms with van der Waals surface area (Å²) >= 11 is 5.87. The predicted octanol–water partition coefficient (Wildman–Crippen LogP) is 3.38. The van der Waals surface area contributed by atoms with E-state index in [1.807, 2.05) is 0 Å². The summed E-state index contributed by atoms with van der Waals surface area (Å²) < 4.78 is 15.6. The smallest absolute Gasteiger partial charge is 0.344 e. The number of nitrogens with zero attached hydrogens (tertiary/aromatic N) is 1. The van der Waals surface area contributed by atoms with Gasteiger partial charge in [0.05, 0.1) is 20.3 Å². The van der Waals surface area contributed by atoms with Gasteiger partial charge in [0.1, 0.15) is 5.70 Å². The van der Waals surface area contributed by atoms with Crippen LogP contribution in [-0.2, 0) is 20.9 Å². The van der Waals surface area contributed by atoms with E-state index >= 15 is 0 Å². The Morgan fingerprint density at radius 1 is 1.13 bits per heavy atom. The van der Waals surface area contributed by atoms with Crippen molar-refractivity contribution >= 4 is 35.6 Å². The van der Waals surface area contributed by atoms with E-state index in [0.29, 0.717) is 22.1 Å². The molecule has 0 bridgehead atoms. The topological polar surface area (TPSA) is 94.2 Å². The lowest BCUT2D eigenvalue weighted by Gasteiger charge is -2.12. The van der Waals surface area contributed by atoms with Crippen LogP contribution in [0.15, 0.2) is 48.2 Å². The van der Waals surface area contributed by atoms with Gasteiger partial charge >= 0.3 is 12.0 Å². The Labute approximate surface area is 184 Å². The maximum atomic E-state index is 12.7. The molecule has 1 aliphatic rings. The molecule has 1 saturated heterocycles. The number of hydrogen-bond donors (Lipinski definition) is 1. The van der Waals surface area contributed by atoms with Crippen LogP contribution in [-0.4, -0.2) is 43.1 Å². The molecule has 0 aliphatic carbocycles. The van der Waals surface area contributed by atoms with Crippen LogP contribution >= 0.6 is 11.6 Å². The van der Waals surface area contributed by atoms with E-state index in [4.69, 9.17) is 25.8 Å². The lowest BCUT2D eigenvalue weighted by Crippen LogP contribution is -2.30. The second kappa shape index (κ2) is 9.99. The molecule has 1 N–H and O–H groups in total. The van der Waals surface area contributed by atoms with Gasteiger partial charge in [-0.1, -0.05) is 29.8 Å². The van der Waals surface area contributed by atoms with E-state index in [2.05, 4.69) is 5.32 Å². The molecule has 162 valence electrons. The van der Waals surface area contributed by atoms with E-state index in [0.717, 1.165) is 10.5 Å². The zero-order chi connectivity index (χ0) is 22.4. The number of rotatable bonds is 8. The second-order valence-corrected chi connectivity index (χ2v) is 6.95. The largest absolute Gasteiger partial charge is 0.493 e. The van der Waals surface area contributed by atoms with Crippen molar-refractivity contribution < 1.29 is 28.6 Å². The Hall–Kier alpha value is -3.52. The zero-order valence-electron chi connectivity index (χ0n) is 17.0. The third-order valence-electron chi connectivity index (χ3n) is 4.37. The number of benzene rings is 2. The summed E-state index contributed by atoms with van der Waals surface area (Å²) in [5.74, 6) is -0.213. The molecule has 9 heteroatoms. The molecular weight excluding hydrogens is 424 g/mol. The Bertz CT molecular complexity index is 1020. The van der Waals surface area contributed by atoms with Gasteiger partial charge in [0.25, 0.3) is 5.91 Å². The molecule has 1 aliphatic heterocycles. The lowest BCUT2D eigenvalue weighted by molar-refractivity contribution is -0.145. The van der Waals surface area contributed by atoms with Crippen molar-refractivity contribution in [3.8, 4) is 11.5 Å². The molecule has 3 rings (SSSR count). The molecule has 1 fully saturated rings. The minimum atomic E-state index is -0.507. The summed E-state index contributed by atoms with van der Waals surface area (Å²) in [7, 11) is 1.46. The van der Waals surface area contributed by atoms with Gasteiger partial charge in [-0.15, -0.1) is 0 Å². The maximum Gasteiger partial charge on any atom is 0.344 e. The average molecular weight is 445 g/mol. The van der Waals surface area contributed by atoms with E-state index in [1.165, 1.54) is 7.11 Å². The molecule has 2 aromatic carbocycles. The molecule has 3 amide bonds. The van der Waals surface area contributed by atoms with Crippen molar-refractivity contribution in [3.63, 3.8) is 0 Å². The number of nitrogens with one attached hydrogen (secondary N) is 1. The van der Waals surface area contributed by atoms with E-state index in [9.17, 15) is 14.4 Å². The van der Waals surface area contributed by atoms with Gasteiger partial charge in [0.15, 0.2) is 18.1 Å². The summed E-state index contributed by atoms with van der Waals surface area (Å²) in [5, 5.41) is 3.15. The van der Waals surface area contributed by atoms with Gasteiger partial charge in [0.2, 0.25) is 0 Å². The Morgan fingerprint density at radius 3 is 2.55 bits per heavy atom. The van der Waals surface area contributed by atoms with Crippen LogP contribution in [0, 0.1) is 0 Å². The summed E-state index contributed by atoms with van der Waals surface area (Å²) in [4.78, 5) is 37.6. The highest BCUT2D eigenvalue weighted by atomic mass is 35.5. The molecule has 0 atom stereocenters. The van der Waals surface area contributed by atoms with Gasteiger partial charge in [-0.05, 0) is 48.4 Å².